The molecular weight excluding hydrogens is 376 g/mol. The van der Waals surface area contributed by atoms with Gasteiger partial charge in [0.15, 0.2) is 17.3 Å². The Morgan fingerprint density at radius 1 is 1.10 bits per heavy atom. The number of anilines is 1. The second-order valence-electron chi connectivity index (χ2n) is 7.76. The van der Waals surface area contributed by atoms with E-state index in [2.05, 4.69) is 21.6 Å². The molecule has 1 fully saturated rings. The van der Waals surface area contributed by atoms with Gasteiger partial charge in [0, 0.05) is 17.3 Å². The minimum atomic E-state index is 0.236. The first-order valence-electron chi connectivity index (χ1n) is 10.3. The maximum atomic E-state index is 9.28. The van der Waals surface area contributed by atoms with Crippen LogP contribution in [-0.2, 0) is 6.54 Å². The number of hydrogen-bond acceptors (Lipinski definition) is 6. The average molecular weight is 402 g/mol. The molecule has 0 spiro atoms. The first-order chi connectivity index (χ1) is 14.6. The number of aromatic nitrogens is 2. The molecule has 1 saturated carbocycles. The van der Waals surface area contributed by atoms with Gasteiger partial charge in [-0.25, -0.2) is 0 Å². The molecule has 0 amide bonds. The molecule has 154 valence electrons. The van der Waals surface area contributed by atoms with Gasteiger partial charge in [0.05, 0.1) is 30.5 Å². The summed E-state index contributed by atoms with van der Waals surface area (Å²) in [4.78, 5) is 0. The molecule has 0 bridgehead atoms. The minimum Gasteiger partial charge on any atom is -0.493 e. The molecule has 0 saturated heterocycles. The molecule has 2 aromatic carbocycles. The Bertz CT molecular complexity index is 1110. The third-order valence-electron chi connectivity index (χ3n) is 5.86. The zero-order chi connectivity index (χ0) is 21.1. The lowest BCUT2D eigenvalue weighted by molar-refractivity contribution is 0.201. The van der Waals surface area contributed by atoms with Crippen molar-refractivity contribution >= 4 is 16.6 Å². The molecule has 1 N–H and O–H groups in total. The van der Waals surface area contributed by atoms with Gasteiger partial charge >= 0.3 is 0 Å². The van der Waals surface area contributed by atoms with E-state index in [1.54, 1.807) is 7.11 Å². The smallest absolute Gasteiger partial charge is 0.162 e. The Morgan fingerprint density at radius 2 is 1.87 bits per heavy atom. The number of hydrogen-bond donors (Lipinski definition) is 1. The number of methoxy groups -OCH3 is 1. The second kappa shape index (κ2) is 8.58. The van der Waals surface area contributed by atoms with Crippen molar-refractivity contribution in [1.82, 2.24) is 10.2 Å². The predicted octanol–water partition coefficient (Wildman–Crippen LogP) is 5.06. The van der Waals surface area contributed by atoms with Crippen molar-refractivity contribution < 1.29 is 9.47 Å². The third-order valence-corrected chi connectivity index (χ3v) is 5.86. The fraction of sp³-hybridized carbons (Fsp3) is 0.375. The number of nitriles is 1. The molecule has 1 aliphatic rings. The van der Waals surface area contributed by atoms with Crippen LogP contribution in [0.1, 0.15) is 48.1 Å². The molecule has 1 aliphatic carbocycles. The number of benzene rings is 2. The van der Waals surface area contributed by atoms with Crippen LogP contribution >= 0.6 is 0 Å². The maximum absolute atomic E-state index is 9.28. The summed E-state index contributed by atoms with van der Waals surface area (Å²) in [7, 11) is 1.66. The summed E-state index contributed by atoms with van der Waals surface area (Å²) in [5.74, 6) is 2.15. The normalized spacial score (nSPS) is 13.9. The first kappa shape index (κ1) is 20.0. The van der Waals surface area contributed by atoms with Gasteiger partial charge in [-0.2, -0.15) is 10.4 Å². The molecule has 0 radical (unpaired) electrons. The summed E-state index contributed by atoms with van der Waals surface area (Å²) in [6, 6.07) is 12.0. The summed E-state index contributed by atoms with van der Waals surface area (Å²) in [5.41, 5.74) is 3.55. The summed E-state index contributed by atoms with van der Waals surface area (Å²) in [5, 5.41) is 23.3. The number of rotatable bonds is 6. The predicted molar refractivity (Wildman–Crippen MR) is 117 cm³/mol. The highest BCUT2D eigenvalue weighted by Crippen LogP contribution is 2.38. The summed E-state index contributed by atoms with van der Waals surface area (Å²) in [6.45, 7) is 4.46. The van der Waals surface area contributed by atoms with Crippen LogP contribution in [0.4, 0.5) is 5.82 Å². The number of nitrogens with zero attached hydrogens (tertiary/aromatic N) is 3. The van der Waals surface area contributed by atoms with Crippen LogP contribution in [0.2, 0.25) is 0 Å². The standard InChI is InChI=1S/C24H26N4O2/c1-15-17(13-25)7-6-8-18(15)14-26-24-21-12-23(30-19-9-4-5-10-19)22(29-3)11-20(21)16(2)27-28-24/h6-8,11-12,19H,4-5,9-10,14H2,1-3H3,(H,26,28). The lowest BCUT2D eigenvalue weighted by atomic mass is 10.0. The molecular formula is C24H26N4O2. The number of fused-ring (bicyclic) bond motifs is 1. The fourth-order valence-corrected chi connectivity index (χ4v) is 4.03. The molecule has 30 heavy (non-hydrogen) atoms. The van der Waals surface area contributed by atoms with E-state index >= 15 is 0 Å². The van der Waals surface area contributed by atoms with Gasteiger partial charge in [0.1, 0.15) is 0 Å². The van der Waals surface area contributed by atoms with Crippen LogP contribution in [0, 0.1) is 25.2 Å². The number of ether oxygens (including phenoxy) is 2. The van der Waals surface area contributed by atoms with Crippen LogP contribution in [0.15, 0.2) is 30.3 Å². The minimum absolute atomic E-state index is 0.236. The summed E-state index contributed by atoms with van der Waals surface area (Å²) in [6.07, 6.45) is 4.81. The molecule has 0 aliphatic heterocycles. The highest BCUT2D eigenvalue weighted by atomic mass is 16.5. The van der Waals surface area contributed by atoms with E-state index in [0.29, 0.717) is 23.7 Å². The van der Waals surface area contributed by atoms with Gasteiger partial charge < -0.3 is 14.8 Å². The molecule has 0 atom stereocenters. The van der Waals surface area contributed by atoms with Crippen LogP contribution in [0.3, 0.4) is 0 Å². The summed E-state index contributed by atoms with van der Waals surface area (Å²) >= 11 is 0. The van der Waals surface area contributed by atoms with Crippen molar-refractivity contribution in [2.24, 2.45) is 0 Å². The van der Waals surface area contributed by atoms with E-state index < -0.39 is 0 Å². The van der Waals surface area contributed by atoms with Crippen molar-refractivity contribution in [3.05, 3.63) is 52.7 Å². The molecule has 6 heteroatoms. The topological polar surface area (TPSA) is 80.1 Å². The lowest BCUT2D eigenvalue weighted by Gasteiger charge is -2.18. The Balaban J connectivity index is 1.69. The Hall–Kier alpha value is -3.33. The van der Waals surface area contributed by atoms with Crippen molar-refractivity contribution in [3.63, 3.8) is 0 Å². The fourth-order valence-electron chi connectivity index (χ4n) is 4.03. The zero-order valence-electron chi connectivity index (χ0n) is 17.7. The molecule has 1 aromatic heterocycles. The van der Waals surface area contributed by atoms with E-state index in [1.165, 1.54) is 12.8 Å². The lowest BCUT2D eigenvalue weighted by Crippen LogP contribution is -2.12. The Labute approximate surface area is 176 Å². The third kappa shape index (κ3) is 3.88. The van der Waals surface area contributed by atoms with Crippen LogP contribution in [-0.4, -0.2) is 23.4 Å². The van der Waals surface area contributed by atoms with Crippen molar-refractivity contribution in [3.8, 4) is 17.6 Å². The second-order valence-corrected chi connectivity index (χ2v) is 7.76. The van der Waals surface area contributed by atoms with Crippen LogP contribution in [0.5, 0.6) is 11.5 Å². The van der Waals surface area contributed by atoms with Crippen molar-refractivity contribution in [2.45, 2.75) is 52.2 Å². The molecule has 1 heterocycles. The molecule has 6 nitrogen and oxygen atoms in total. The monoisotopic (exact) mass is 402 g/mol. The van der Waals surface area contributed by atoms with Gasteiger partial charge in [-0.15, -0.1) is 5.10 Å². The van der Waals surface area contributed by atoms with Gasteiger partial charge in [-0.1, -0.05) is 12.1 Å². The number of aryl methyl sites for hydroxylation is 1. The van der Waals surface area contributed by atoms with Gasteiger partial charge in [0.2, 0.25) is 0 Å². The van der Waals surface area contributed by atoms with Gasteiger partial charge in [-0.05, 0) is 68.9 Å². The summed E-state index contributed by atoms with van der Waals surface area (Å²) < 4.78 is 11.9. The van der Waals surface area contributed by atoms with E-state index in [0.717, 1.165) is 46.2 Å². The van der Waals surface area contributed by atoms with E-state index in [-0.39, 0.29) is 6.10 Å². The van der Waals surface area contributed by atoms with Crippen LogP contribution < -0.4 is 14.8 Å². The number of nitrogens with one attached hydrogen (secondary N) is 1. The first-order valence-corrected chi connectivity index (χ1v) is 10.3. The quantitative estimate of drug-likeness (QED) is 0.621. The van der Waals surface area contributed by atoms with E-state index in [4.69, 9.17) is 9.47 Å². The molecule has 0 unspecified atom stereocenters. The van der Waals surface area contributed by atoms with E-state index in [9.17, 15) is 5.26 Å². The largest absolute Gasteiger partial charge is 0.493 e. The SMILES string of the molecule is COc1cc2c(C)nnc(NCc3cccc(C#N)c3C)c2cc1OC1CCCC1. The van der Waals surface area contributed by atoms with Crippen molar-refractivity contribution in [1.29, 1.82) is 5.26 Å². The van der Waals surface area contributed by atoms with Gasteiger partial charge in [-0.3, -0.25) is 0 Å². The van der Waals surface area contributed by atoms with Crippen molar-refractivity contribution in [2.75, 3.05) is 12.4 Å². The average Bonchev–Trinajstić information content (AvgIpc) is 3.27. The van der Waals surface area contributed by atoms with Crippen LogP contribution in [0.25, 0.3) is 10.8 Å². The maximum Gasteiger partial charge on any atom is 0.162 e. The molecule has 4 rings (SSSR count). The van der Waals surface area contributed by atoms with E-state index in [1.807, 2.05) is 44.2 Å². The molecule has 3 aromatic rings. The van der Waals surface area contributed by atoms with Gasteiger partial charge in [0.25, 0.3) is 0 Å². The highest BCUT2D eigenvalue weighted by Gasteiger charge is 2.20. The Kier molecular flexibility index (Phi) is 5.71. The zero-order valence-corrected chi connectivity index (χ0v) is 17.7. The highest BCUT2D eigenvalue weighted by molar-refractivity contribution is 5.95. The Morgan fingerprint density at radius 3 is 2.60 bits per heavy atom.